The van der Waals surface area contributed by atoms with E-state index in [4.69, 9.17) is 14.2 Å². The minimum atomic E-state index is -3.99. The Labute approximate surface area is 315 Å². The van der Waals surface area contributed by atoms with Crippen LogP contribution in [-0.4, -0.2) is 95.3 Å². The van der Waals surface area contributed by atoms with Gasteiger partial charge in [-0.25, -0.2) is 23.2 Å². The molecule has 292 valence electrons. The number of carbonyl (C=O) groups excluding carboxylic acids is 4. The van der Waals surface area contributed by atoms with Crippen molar-refractivity contribution < 1.29 is 41.8 Å². The number of rotatable bonds is 9. The Morgan fingerprint density at radius 2 is 1.85 bits per heavy atom. The summed E-state index contributed by atoms with van der Waals surface area (Å²) in [6.07, 6.45) is 8.45. The van der Waals surface area contributed by atoms with Crippen LogP contribution in [0.25, 0.3) is 11.0 Å². The lowest BCUT2D eigenvalue weighted by Gasteiger charge is -2.30. The maximum absolute atomic E-state index is 14.5. The van der Waals surface area contributed by atoms with Gasteiger partial charge in [-0.2, -0.15) is 0 Å². The molecule has 1 saturated heterocycles. The van der Waals surface area contributed by atoms with Gasteiger partial charge < -0.3 is 29.7 Å². The molecule has 3 N–H and O–H groups in total. The number of ether oxygens (including phenoxy) is 3. The van der Waals surface area contributed by atoms with E-state index in [0.717, 1.165) is 25.7 Å². The summed E-state index contributed by atoms with van der Waals surface area (Å²) >= 11 is 0. The van der Waals surface area contributed by atoms with Crippen LogP contribution >= 0.6 is 0 Å². The normalized spacial score (nSPS) is 29.3. The molecular weight excluding hydrogens is 717 g/mol. The van der Waals surface area contributed by atoms with Crippen LogP contribution in [0.4, 0.5) is 4.79 Å². The van der Waals surface area contributed by atoms with Crippen molar-refractivity contribution in [3.8, 4) is 11.6 Å². The van der Waals surface area contributed by atoms with Gasteiger partial charge in [-0.15, -0.1) is 0 Å². The highest BCUT2D eigenvalue weighted by Gasteiger charge is 2.63. The molecule has 1 aromatic heterocycles. The molecule has 0 unspecified atom stereocenters. The second-order valence-corrected chi connectivity index (χ2v) is 18.0. The summed E-state index contributed by atoms with van der Waals surface area (Å²) in [5.74, 6) is -1.21. The zero-order valence-electron chi connectivity index (χ0n) is 31.3. The van der Waals surface area contributed by atoms with Gasteiger partial charge in [-0.05, 0) is 90.2 Å². The molecule has 3 saturated carbocycles. The highest BCUT2D eigenvalue weighted by Crippen LogP contribution is 2.47. The molecule has 54 heavy (non-hydrogen) atoms. The Kier molecular flexibility index (Phi) is 10.3. The van der Waals surface area contributed by atoms with E-state index >= 15 is 0 Å². The van der Waals surface area contributed by atoms with Gasteiger partial charge in [0.05, 0.1) is 29.4 Å². The predicted molar refractivity (Wildman–Crippen MR) is 197 cm³/mol. The van der Waals surface area contributed by atoms with E-state index in [0.29, 0.717) is 60.5 Å². The molecule has 5 aliphatic rings. The van der Waals surface area contributed by atoms with Crippen LogP contribution in [0.2, 0.25) is 0 Å². The van der Waals surface area contributed by atoms with Gasteiger partial charge in [0.2, 0.25) is 27.7 Å². The number of alkyl carbamates (subject to hydrolysis) is 1. The lowest BCUT2D eigenvalue weighted by atomic mass is 10.0. The zero-order valence-corrected chi connectivity index (χ0v) is 32.1. The van der Waals surface area contributed by atoms with E-state index in [1.165, 1.54) is 4.90 Å². The number of aryl methyl sites for hydroxylation is 1. The van der Waals surface area contributed by atoms with Crippen molar-refractivity contribution in [2.45, 2.75) is 126 Å². The predicted octanol–water partition coefficient (Wildman–Crippen LogP) is 3.58. The third-order valence-electron chi connectivity index (χ3n) is 11.6. The fraction of sp³-hybridized carbons (Fsp3) is 0.632. The fourth-order valence-corrected chi connectivity index (χ4v) is 8.77. The van der Waals surface area contributed by atoms with Gasteiger partial charge in [0.25, 0.3) is 5.91 Å². The van der Waals surface area contributed by atoms with Gasteiger partial charge >= 0.3 is 6.09 Å². The number of nitrogens with one attached hydrogen (secondary N) is 3. The average molecular weight is 767 g/mol. The smallest absolute Gasteiger partial charge is 0.408 e. The molecule has 15 nitrogen and oxygen atoms in total. The minimum absolute atomic E-state index is 0.0187. The van der Waals surface area contributed by atoms with E-state index in [-0.39, 0.29) is 31.4 Å². The summed E-state index contributed by atoms with van der Waals surface area (Å²) in [5, 5.41) is 5.68. The molecule has 3 aliphatic carbocycles. The second-order valence-electron chi connectivity index (χ2n) is 15.8. The quantitative estimate of drug-likeness (QED) is 0.316. The van der Waals surface area contributed by atoms with Gasteiger partial charge in [-0.3, -0.25) is 19.1 Å². The number of aromatic nitrogens is 2. The topological polar surface area (TPSA) is 195 Å². The van der Waals surface area contributed by atoms with E-state index in [1.54, 1.807) is 39.2 Å². The summed E-state index contributed by atoms with van der Waals surface area (Å²) in [7, 11) is -2.43. The first-order valence-corrected chi connectivity index (χ1v) is 20.5. The van der Waals surface area contributed by atoms with Gasteiger partial charge in [-0.1, -0.05) is 25.0 Å². The summed E-state index contributed by atoms with van der Waals surface area (Å²) in [6.45, 7) is 5.17. The van der Waals surface area contributed by atoms with Crippen molar-refractivity contribution in [3.05, 3.63) is 36.0 Å². The first kappa shape index (κ1) is 37.8. The van der Waals surface area contributed by atoms with Crippen molar-refractivity contribution >= 4 is 44.9 Å². The van der Waals surface area contributed by atoms with Crippen molar-refractivity contribution in [2.24, 2.45) is 11.8 Å². The van der Waals surface area contributed by atoms with Crippen molar-refractivity contribution in [3.63, 3.8) is 0 Å². The molecule has 16 heteroatoms. The second kappa shape index (κ2) is 14.6. The number of hydrogen-bond acceptors (Lipinski definition) is 11. The lowest BCUT2D eigenvalue weighted by Crippen LogP contribution is -2.58. The largest absolute Gasteiger partial charge is 0.497 e. The number of methoxy groups -OCH3 is 1. The number of fused-ring (bicyclic) bond motifs is 3. The third-order valence-corrected chi connectivity index (χ3v) is 13.8. The van der Waals surface area contributed by atoms with Crippen molar-refractivity contribution in [2.75, 3.05) is 13.7 Å². The van der Waals surface area contributed by atoms with Crippen LogP contribution in [0, 0.1) is 18.8 Å². The first-order valence-electron chi connectivity index (χ1n) is 19.0. The Bertz CT molecular complexity index is 1960. The van der Waals surface area contributed by atoms with Gasteiger partial charge in [0.1, 0.15) is 41.3 Å². The number of allylic oxidation sites excluding steroid dienone is 1. The Morgan fingerprint density at radius 3 is 2.57 bits per heavy atom. The van der Waals surface area contributed by atoms with E-state index < -0.39 is 68.2 Å². The molecule has 4 amide bonds. The van der Waals surface area contributed by atoms with Gasteiger partial charge in [0.15, 0.2) is 0 Å². The molecule has 1 aromatic carbocycles. The molecule has 3 heterocycles. The number of carbonyl (C=O) groups is 4. The van der Waals surface area contributed by atoms with E-state index in [9.17, 15) is 27.6 Å². The number of sulfonamides is 1. The summed E-state index contributed by atoms with van der Waals surface area (Å²) in [6, 6.07) is 3.21. The summed E-state index contributed by atoms with van der Waals surface area (Å²) in [5.41, 5.74) is 0.171. The van der Waals surface area contributed by atoms with E-state index in [2.05, 4.69) is 25.3 Å². The molecule has 2 aromatic rings. The van der Waals surface area contributed by atoms with Crippen LogP contribution in [0.15, 0.2) is 30.4 Å². The number of hydrogen-bond donors (Lipinski definition) is 3. The first-order chi connectivity index (χ1) is 25.7. The summed E-state index contributed by atoms with van der Waals surface area (Å²) in [4.78, 5) is 66.5. The van der Waals surface area contributed by atoms with Crippen LogP contribution in [0.3, 0.4) is 0 Å². The number of amides is 4. The minimum Gasteiger partial charge on any atom is -0.497 e. The highest BCUT2D eigenvalue weighted by molar-refractivity contribution is 7.91. The van der Waals surface area contributed by atoms with Crippen molar-refractivity contribution in [1.29, 1.82) is 0 Å². The lowest BCUT2D eigenvalue weighted by molar-refractivity contribution is -0.141. The molecule has 0 radical (unpaired) electrons. The Hall–Kier alpha value is -4.47. The van der Waals surface area contributed by atoms with Crippen molar-refractivity contribution in [1.82, 2.24) is 30.2 Å². The molecular formula is C38H50N6O9S. The van der Waals surface area contributed by atoms with Gasteiger partial charge in [0, 0.05) is 18.4 Å². The monoisotopic (exact) mass is 766 g/mol. The standard InChI is InChI=1S/C38H50N6O9S/c1-22-33(40-30-18-26(51-4)14-15-28(30)39-22)53-27-19-31-32(45)42-38(35(47)43-54(49,50)37(3)16-17-37)20-25(38)10-8-6-5-7-9-11-29(34(46)44(31)21-27)41-36(48)52-23(2)24-12-13-24/h8,10,14-15,18,23-25,27,29,31H,5-7,9,11-13,16-17,19-21H2,1-4H3,(H,41,48)(H,42,45)(H,43,47)/b10-8+/t23-,25+,27+,29-,31-,38+/m0/s1. The summed E-state index contributed by atoms with van der Waals surface area (Å²) < 4.78 is 44.9. The Morgan fingerprint density at radius 1 is 1.07 bits per heavy atom. The third kappa shape index (κ3) is 7.85. The van der Waals surface area contributed by atoms with Crippen LogP contribution in [-0.2, 0) is 29.1 Å². The Balaban J connectivity index is 1.17. The maximum atomic E-state index is 14.5. The van der Waals surface area contributed by atoms with Crippen LogP contribution < -0.4 is 24.8 Å². The zero-order chi connectivity index (χ0) is 38.4. The highest BCUT2D eigenvalue weighted by atomic mass is 32.2. The maximum Gasteiger partial charge on any atom is 0.408 e. The molecule has 0 bridgehead atoms. The molecule has 2 aliphatic heterocycles. The molecule has 0 spiro atoms. The number of benzene rings is 1. The molecule has 4 fully saturated rings. The van der Waals surface area contributed by atoms with Crippen LogP contribution in [0.5, 0.6) is 11.6 Å². The molecule has 7 rings (SSSR count). The fourth-order valence-electron chi connectivity index (χ4n) is 7.46. The average Bonchev–Trinajstić information content (AvgIpc) is 4.06. The SMILES string of the molecule is COc1ccc2nc(C)c(O[C@@H]3C[C@H]4C(=O)N[C@]5(C(=O)NS(=O)(=O)C6(C)CC6)C[C@H]5/C=C/CCCCC[C@H](NC(=O)O[C@@H](C)C5CC5)C(=O)N4C3)nc2c1. The van der Waals surface area contributed by atoms with Crippen LogP contribution in [0.1, 0.15) is 90.2 Å². The molecule has 6 atom stereocenters. The number of nitrogens with zero attached hydrogens (tertiary/aromatic N) is 3. The van der Waals surface area contributed by atoms with E-state index in [1.807, 2.05) is 19.1 Å².